The summed E-state index contributed by atoms with van der Waals surface area (Å²) in [5, 5.41) is 20.3. The molecule has 240 valence electrons. The van der Waals surface area contributed by atoms with E-state index >= 15 is 0 Å². The summed E-state index contributed by atoms with van der Waals surface area (Å²) in [4.78, 5) is 42.7. The monoisotopic (exact) mass is 627 g/mol. The van der Waals surface area contributed by atoms with Gasteiger partial charge in [0.2, 0.25) is 5.91 Å². The summed E-state index contributed by atoms with van der Waals surface area (Å²) in [7, 11) is 1.63. The molecule has 3 atom stereocenters. The van der Waals surface area contributed by atoms with Crippen molar-refractivity contribution in [2.45, 2.75) is 32.4 Å². The van der Waals surface area contributed by atoms with Gasteiger partial charge in [-0.15, -0.1) is 0 Å². The Morgan fingerprint density at radius 3 is 2.48 bits per heavy atom. The molecule has 4 aromatic rings. The Hall–Kier alpha value is -5.16. The number of rotatable bonds is 7. The van der Waals surface area contributed by atoms with Crippen molar-refractivity contribution in [2.24, 2.45) is 5.92 Å². The summed E-state index contributed by atoms with van der Waals surface area (Å²) in [6.07, 6.45) is -0.545. The number of urea groups is 2. The molecule has 0 fully saturated rings. The third-order valence-electron chi connectivity index (χ3n) is 8.11. The second kappa shape index (κ2) is 14.3. The molecule has 0 aromatic heterocycles. The molecule has 1 aliphatic heterocycles. The van der Waals surface area contributed by atoms with E-state index in [-0.39, 0.29) is 31.4 Å². The molecule has 46 heavy (non-hydrogen) atoms. The highest BCUT2D eigenvalue weighted by molar-refractivity contribution is 6.06. The predicted molar refractivity (Wildman–Crippen MR) is 177 cm³/mol. The highest BCUT2D eigenvalue weighted by atomic mass is 19.1. The molecule has 0 spiro atoms. The molecular formula is C35H38FN5O5. The molecule has 0 radical (unpaired) electrons. The minimum Gasteiger partial charge on any atom is -0.488 e. The summed E-state index contributed by atoms with van der Waals surface area (Å²) in [6, 6.07) is 22.7. The number of anilines is 3. The number of benzene rings is 4. The highest BCUT2D eigenvalue weighted by Crippen LogP contribution is 2.30. The van der Waals surface area contributed by atoms with Crippen LogP contribution in [0.4, 0.5) is 31.0 Å². The molecular weight excluding hydrogens is 589 g/mol. The zero-order valence-corrected chi connectivity index (χ0v) is 26.0. The molecule has 11 heteroatoms. The number of carbonyl (C=O) groups excluding carboxylic acids is 3. The first-order valence-corrected chi connectivity index (χ1v) is 15.1. The van der Waals surface area contributed by atoms with Crippen LogP contribution in [0.25, 0.3) is 10.8 Å². The van der Waals surface area contributed by atoms with E-state index in [2.05, 4.69) is 16.0 Å². The fourth-order valence-electron chi connectivity index (χ4n) is 5.45. The van der Waals surface area contributed by atoms with Crippen LogP contribution >= 0.6 is 0 Å². The average molecular weight is 628 g/mol. The van der Waals surface area contributed by atoms with Gasteiger partial charge in [0.1, 0.15) is 17.7 Å². The number of aliphatic hydroxyl groups excluding tert-OH is 1. The van der Waals surface area contributed by atoms with Crippen LogP contribution in [0.5, 0.6) is 5.75 Å². The van der Waals surface area contributed by atoms with Gasteiger partial charge in [0.25, 0.3) is 0 Å². The van der Waals surface area contributed by atoms with Crippen LogP contribution in [0.1, 0.15) is 19.4 Å². The van der Waals surface area contributed by atoms with Crippen LogP contribution in [-0.2, 0) is 11.2 Å². The first-order chi connectivity index (χ1) is 22.1. The number of ether oxygens (including phenoxy) is 1. The van der Waals surface area contributed by atoms with Crippen LogP contribution in [0.2, 0.25) is 0 Å². The van der Waals surface area contributed by atoms with E-state index in [1.54, 1.807) is 37.1 Å². The van der Waals surface area contributed by atoms with Crippen molar-refractivity contribution in [2.75, 3.05) is 42.7 Å². The standard InChI is InChI=1S/C35H38FN5O5/c1-22-19-41(23(2)21-42)33(43)18-25-17-28(37-34(44)39-30-10-6-8-24-7-4-5-9-29(24)30)15-16-31(25)46-32(22)20-40(3)35(45)38-27-13-11-26(36)12-14-27/h4-17,22-23,32,42H,18-21H2,1-3H3,(H,38,45)(H2,37,39,44)/t22-,23-,32-/m0/s1. The largest absolute Gasteiger partial charge is 0.488 e. The molecule has 1 aliphatic rings. The average Bonchev–Trinajstić information content (AvgIpc) is 3.09. The van der Waals surface area contributed by atoms with Crippen LogP contribution in [0.15, 0.2) is 84.9 Å². The Morgan fingerprint density at radius 1 is 1.00 bits per heavy atom. The molecule has 0 saturated carbocycles. The second-order valence-electron chi connectivity index (χ2n) is 11.6. The maximum atomic E-state index is 13.6. The van der Waals surface area contributed by atoms with Crippen LogP contribution in [0, 0.1) is 11.7 Å². The lowest BCUT2D eigenvalue weighted by atomic mass is 10.0. The van der Waals surface area contributed by atoms with Gasteiger partial charge in [0.05, 0.1) is 31.3 Å². The molecule has 4 N–H and O–H groups in total. The van der Waals surface area contributed by atoms with Crippen molar-refractivity contribution in [1.29, 1.82) is 0 Å². The van der Waals surface area contributed by atoms with Gasteiger partial charge < -0.3 is 35.6 Å². The summed E-state index contributed by atoms with van der Waals surface area (Å²) in [5.74, 6) is -0.373. The maximum absolute atomic E-state index is 13.6. The van der Waals surface area contributed by atoms with E-state index in [4.69, 9.17) is 4.74 Å². The number of nitrogens with zero attached hydrogens (tertiary/aromatic N) is 2. The third kappa shape index (κ3) is 7.73. The molecule has 10 nitrogen and oxygen atoms in total. The first-order valence-electron chi connectivity index (χ1n) is 15.1. The van der Waals surface area contributed by atoms with Gasteiger partial charge in [-0.05, 0) is 60.8 Å². The SMILES string of the molecule is C[C@H]1CN([C@@H](C)CO)C(=O)Cc2cc(NC(=O)Nc3cccc4ccccc34)ccc2O[C@H]1CN(C)C(=O)Nc1ccc(F)cc1. The molecule has 5 rings (SSSR count). The number of halogens is 1. The number of hydrogen-bond donors (Lipinski definition) is 4. The lowest BCUT2D eigenvalue weighted by Gasteiger charge is -2.34. The molecule has 5 amide bonds. The molecule has 0 unspecified atom stereocenters. The summed E-state index contributed by atoms with van der Waals surface area (Å²) in [5.41, 5.74) is 2.13. The quantitative estimate of drug-likeness (QED) is 0.202. The first kappa shape index (κ1) is 32.2. The van der Waals surface area contributed by atoms with Gasteiger partial charge in [-0.3, -0.25) is 4.79 Å². The molecule has 4 aromatic carbocycles. The normalized spacial score (nSPS) is 17.1. The number of fused-ring (bicyclic) bond motifs is 2. The van der Waals surface area contributed by atoms with Crippen molar-refractivity contribution in [3.8, 4) is 5.75 Å². The Morgan fingerprint density at radius 2 is 1.72 bits per heavy atom. The Bertz CT molecular complexity index is 1710. The zero-order chi connectivity index (χ0) is 32.8. The van der Waals surface area contributed by atoms with E-state index in [0.717, 1.165) is 10.8 Å². The van der Waals surface area contributed by atoms with E-state index in [1.165, 1.54) is 29.2 Å². The van der Waals surface area contributed by atoms with E-state index < -0.39 is 30.0 Å². The van der Waals surface area contributed by atoms with E-state index in [0.29, 0.717) is 34.9 Å². The fourth-order valence-corrected chi connectivity index (χ4v) is 5.45. The smallest absolute Gasteiger partial charge is 0.323 e. The number of nitrogens with one attached hydrogen (secondary N) is 3. The number of aliphatic hydroxyl groups is 1. The highest BCUT2D eigenvalue weighted by Gasteiger charge is 2.32. The maximum Gasteiger partial charge on any atom is 0.323 e. The van der Waals surface area contributed by atoms with Gasteiger partial charge in [-0.1, -0.05) is 43.3 Å². The summed E-state index contributed by atoms with van der Waals surface area (Å²) in [6.45, 7) is 3.96. The van der Waals surface area contributed by atoms with E-state index in [1.807, 2.05) is 49.4 Å². The zero-order valence-electron chi connectivity index (χ0n) is 26.0. The lowest BCUT2D eigenvalue weighted by molar-refractivity contribution is -0.134. The predicted octanol–water partition coefficient (Wildman–Crippen LogP) is 5.94. The van der Waals surface area contributed by atoms with Crippen LogP contribution < -0.4 is 20.7 Å². The Kier molecular flexibility index (Phi) is 10.0. The summed E-state index contributed by atoms with van der Waals surface area (Å²) >= 11 is 0. The number of carbonyl (C=O) groups is 3. The van der Waals surface area contributed by atoms with Crippen molar-refractivity contribution < 1.29 is 28.6 Å². The van der Waals surface area contributed by atoms with Gasteiger partial charge in [0.15, 0.2) is 0 Å². The van der Waals surface area contributed by atoms with Gasteiger partial charge in [0, 0.05) is 41.8 Å². The molecule has 0 saturated heterocycles. The Balaban J connectivity index is 1.36. The van der Waals surface area contributed by atoms with Crippen LogP contribution in [-0.4, -0.2) is 71.8 Å². The molecule has 0 aliphatic carbocycles. The fraction of sp³-hybridized carbons (Fsp3) is 0.286. The Labute approximate surface area is 267 Å². The number of likely N-dealkylation sites (N-methyl/N-ethyl adjacent to an activating group) is 1. The minimum atomic E-state index is -0.532. The van der Waals surface area contributed by atoms with Gasteiger partial charge in [-0.2, -0.15) is 0 Å². The van der Waals surface area contributed by atoms with Gasteiger partial charge >= 0.3 is 12.1 Å². The molecule has 1 heterocycles. The number of hydrogen-bond acceptors (Lipinski definition) is 5. The summed E-state index contributed by atoms with van der Waals surface area (Å²) < 4.78 is 19.8. The van der Waals surface area contributed by atoms with E-state index in [9.17, 15) is 23.9 Å². The van der Waals surface area contributed by atoms with Crippen LogP contribution in [0.3, 0.4) is 0 Å². The number of amides is 5. The van der Waals surface area contributed by atoms with Gasteiger partial charge in [-0.25, -0.2) is 14.0 Å². The topological polar surface area (TPSA) is 123 Å². The van der Waals surface area contributed by atoms with Crippen molar-refractivity contribution in [1.82, 2.24) is 9.80 Å². The minimum absolute atomic E-state index is 0.0134. The van der Waals surface area contributed by atoms with Crippen molar-refractivity contribution in [3.63, 3.8) is 0 Å². The second-order valence-corrected chi connectivity index (χ2v) is 11.6. The third-order valence-corrected chi connectivity index (χ3v) is 8.11. The van der Waals surface area contributed by atoms with Crippen molar-refractivity contribution in [3.05, 3.63) is 96.3 Å². The lowest BCUT2D eigenvalue weighted by Crippen LogP contribution is -2.48. The van der Waals surface area contributed by atoms with Crippen molar-refractivity contribution >= 4 is 45.8 Å². The molecule has 0 bridgehead atoms.